The van der Waals surface area contributed by atoms with Gasteiger partial charge in [-0.3, -0.25) is 4.79 Å². The minimum Gasteiger partial charge on any atom is -0.456 e. The Morgan fingerprint density at radius 2 is 1.95 bits per heavy atom. The van der Waals surface area contributed by atoms with E-state index in [2.05, 4.69) is 15.1 Å². The molecule has 0 radical (unpaired) electrons. The number of furan rings is 1. The molecule has 0 saturated carbocycles. The number of amides is 1. The largest absolute Gasteiger partial charge is 0.456 e. The van der Waals surface area contributed by atoms with Crippen LogP contribution in [0, 0.1) is 13.8 Å². The molecule has 2 aromatic heterocycles. The molecule has 1 fully saturated rings. The topological polar surface area (TPSA) is 62.5 Å². The van der Waals surface area contributed by atoms with Crippen LogP contribution in [-0.4, -0.2) is 47.2 Å². The van der Waals surface area contributed by atoms with E-state index in [-0.39, 0.29) is 5.91 Å². The van der Waals surface area contributed by atoms with Gasteiger partial charge in [-0.05, 0) is 26.0 Å². The van der Waals surface area contributed by atoms with Crippen molar-refractivity contribution in [2.75, 3.05) is 31.1 Å². The second kappa shape index (κ2) is 5.24. The number of anilines is 1. The van der Waals surface area contributed by atoms with Crippen molar-refractivity contribution in [2.24, 2.45) is 0 Å². The van der Waals surface area contributed by atoms with E-state index in [0.29, 0.717) is 18.8 Å². The molecule has 1 aliphatic heterocycles. The van der Waals surface area contributed by atoms with Gasteiger partial charge in [-0.2, -0.15) is 0 Å². The standard InChI is InChI=1S/C13H16N4O2S/c1-9-3-4-11(19-9)12(18)16-5-7-17(8-6-16)13-15-14-10(2)20-13/h3-4H,5-8H2,1-2H3. The lowest BCUT2D eigenvalue weighted by Crippen LogP contribution is -2.48. The first-order valence-corrected chi connectivity index (χ1v) is 7.36. The van der Waals surface area contributed by atoms with E-state index in [9.17, 15) is 4.79 Å². The number of aromatic nitrogens is 2. The predicted molar refractivity (Wildman–Crippen MR) is 76.2 cm³/mol. The van der Waals surface area contributed by atoms with E-state index in [1.807, 2.05) is 24.8 Å². The third-order valence-corrected chi connectivity index (χ3v) is 4.20. The van der Waals surface area contributed by atoms with Crippen LogP contribution in [0.25, 0.3) is 0 Å². The van der Waals surface area contributed by atoms with Crippen LogP contribution in [0.2, 0.25) is 0 Å². The molecular formula is C13H16N4O2S. The first kappa shape index (κ1) is 13.1. The van der Waals surface area contributed by atoms with Gasteiger partial charge >= 0.3 is 0 Å². The number of nitrogens with zero attached hydrogens (tertiary/aromatic N) is 4. The van der Waals surface area contributed by atoms with Crippen LogP contribution in [-0.2, 0) is 0 Å². The lowest BCUT2D eigenvalue weighted by Gasteiger charge is -2.33. The number of carbonyl (C=O) groups excluding carboxylic acids is 1. The Labute approximate surface area is 121 Å². The van der Waals surface area contributed by atoms with Gasteiger partial charge in [0.1, 0.15) is 10.8 Å². The molecular weight excluding hydrogens is 276 g/mol. The lowest BCUT2D eigenvalue weighted by molar-refractivity contribution is 0.0713. The Morgan fingerprint density at radius 1 is 1.20 bits per heavy atom. The van der Waals surface area contributed by atoms with Crippen LogP contribution >= 0.6 is 11.3 Å². The van der Waals surface area contributed by atoms with Crippen molar-refractivity contribution >= 4 is 22.4 Å². The minimum absolute atomic E-state index is 0.0359. The second-order valence-corrected chi connectivity index (χ2v) is 5.95. The molecule has 0 spiro atoms. The maximum absolute atomic E-state index is 12.2. The van der Waals surface area contributed by atoms with Crippen molar-refractivity contribution in [3.05, 3.63) is 28.7 Å². The van der Waals surface area contributed by atoms with Crippen molar-refractivity contribution in [3.8, 4) is 0 Å². The summed E-state index contributed by atoms with van der Waals surface area (Å²) in [6.45, 7) is 6.70. The Morgan fingerprint density at radius 3 is 2.50 bits per heavy atom. The Hall–Kier alpha value is -1.89. The lowest BCUT2D eigenvalue weighted by atomic mass is 10.3. The molecule has 3 rings (SSSR count). The molecule has 1 amide bonds. The molecule has 0 bridgehead atoms. The van der Waals surface area contributed by atoms with Crippen LogP contribution in [0.5, 0.6) is 0 Å². The molecule has 2 aromatic rings. The van der Waals surface area contributed by atoms with Gasteiger partial charge < -0.3 is 14.2 Å². The zero-order valence-corrected chi connectivity index (χ0v) is 12.3. The summed E-state index contributed by atoms with van der Waals surface area (Å²) >= 11 is 1.59. The summed E-state index contributed by atoms with van der Waals surface area (Å²) in [7, 11) is 0. The Kier molecular flexibility index (Phi) is 3.43. The fourth-order valence-electron chi connectivity index (χ4n) is 2.22. The highest BCUT2D eigenvalue weighted by atomic mass is 32.1. The van der Waals surface area contributed by atoms with Crippen LogP contribution < -0.4 is 4.90 Å². The molecule has 3 heterocycles. The first-order chi connectivity index (χ1) is 9.63. The molecule has 0 aliphatic carbocycles. The molecule has 106 valence electrons. The molecule has 0 aromatic carbocycles. The van der Waals surface area contributed by atoms with Gasteiger partial charge in [-0.1, -0.05) is 11.3 Å². The third kappa shape index (κ3) is 2.53. The molecule has 0 atom stereocenters. The summed E-state index contributed by atoms with van der Waals surface area (Å²) in [5.41, 5.74) is 0. The van der Waals surface area contributed by atoms with Crippen molar-refractivity contribution < 1.29 is 9.21 Å². The van der Waals surface area contributed by atoms with Crippen molar-refractivity contribution in [2.45, 2.75) is 13.8 Å². The fraction of sp³-hybridized carbons (Fsp3) is 0.462. The van der Waals surface area contributed by atoms with E-state index in [0.717, 1.165) is 29.0 Å². The van der Waals surface area contributed by atoms with E-state index < -0.39 is 0 Å². The van der Waals surface area contributed by atoms with Crippen LogP contribution in [0.15, 0.2) is 16.5 Å². The number of hydrogen-bond donors (Lipinski definition) is 0. The average molecular weight is 292 g/mol. The molecule has 1 saturated heterocycles. The summed E-state index contributed by atoms with van der Waals surface area (Å²) in [5, 5.41) is 10.1. The molecule has 7 heteroatoms. The van der Waals surface area contributed by atoms with Crippen molar-refractivity contribution in [3.63, 3.8) is 0 Å². The zero-order chi connectivity index (χ0) is 14.1. The quantitative estimate of drug-likeness (QED) is 0.843. The van der Waals surface area contributed by atoms with Crippen LogP contribution in [0.1, 0.15) is 21.3 Å². The third-order valence-electron chi connectivity index (χ3n) is 3.30. The zero-order valence-electron chi connectivity index (χ0n) is 11.5. The summed E-state index contributed by atoms with van der Waals surface area (Å²) < 4.78 is 5.39. The van der Waals surface area contributed by atoms with E-state index >= 15 is 0 Å². The second-order valence-electron chi connectivity index (χ2n) is 4.79. The Bertz CT molecular complexity index is 613. The molecule has 0 N–H and O–H groups in total. The van der Waals surface area contributed by atoms with E-state index in [1.165, 1.54) is 0 Å². The summed E-state index contributed by atoms with van der Waals surface area (Å²) in [6, 6.07) is 3.55. The first-order valence-electron chi connectivity index (χ1n) is 6.54. The molecule has 1 aliphatic rings. The van der Waals surface area contributed by atoms with E-state index in [4.69, 9.17) is 4.42 Å². The van der Waals surface area contributed by atoms with Gasteiger partial charge in [-0.15, -0.1) is 10.2 Å². The highest BCUT2D eigenvalue weighted by molar-refractivity contribution is 7.15. The number of aryl methyl sites for hydroxylation is 2. The average Bonchev–Trinajstić information content (AvgIpc) is 3.07. The molecule has 6 nitrogen and oxygen atoms in total. The summed E-state index contributed by atoms with van der Waals surface area (Å²) in [5.74, 6) is 1.14. The number of rotatable bonds is 2. The smallest absolute Gasteiger partial charge is 0.289 e. The van der Waals surface area contributed by atoms with E-state index in [1.54, 1.807) is 17.4 Å². The van der Waals surface area contributed by atoms with Gasteiger partial charge in [0.05, 0.1) is 0 Å². The van der Waals surface area contributed by atoms with Gasteiger partial charge in [0.2, 0.25) is 5.13 Å². The maximum atomic E-state index is 12.2. The highest BCUT2D eigenvalue weighted by Crippen LogP contribution is 2.21. The number of carbonyl (C=O) groups is 1. The van der Waals surface area contributed by atoms with Crippen molar-refractivity contribution in [1.82, 2.24) is 15.1 Å². The monoisotopic (exact) mass is 292 g/mol. The molecule has 20 heavy (non-hydrogen) atoms. The Balaban J connectivity index is 1.62. The summed E-state index contributed by atoms with van der Waals surface area (Å²) in [6.07, 6.45) is 0. The van der Waals surface area contributed by atoms with Crippen LogP contribution in [0.3, 0.4) is 0 Å². The highest BCUT2D eigenvalue weighted by Gasteiger charge is 2.25. The maximum Gasteiger partial charge on any atom is 0.289 e. The molecule has 0 unspecified atom stereocenters. The normalized spacial score (nSPS) is 15.7. The SMILES string of the molecule is Cc1ccc(C(=O)N2CCN(c3nnc(C)s3)CC2)o1. The van der Waals surface area contributed by atoms with Crippen LogP contribution in [0.4, 0.5) is 5.13 Å². The van der Waals surface area contributed by atoms with Gasteiger partial charge in [0, 0.05) is 26.2 Å². The van der Waals surface area contributed by atoms with Crippen molar-refractivity contribution in [1.29, 1.82) is 0 Å². The van der Waals surface area contributed by atoms with Gasteiger partial charge in [-0.25, -0.2) is 0 Å². The fourth-order valence-corrected chi connectivity index (χ4v) is 2.96. The minimum atomic E-state index is -0.0359. The number of piperazine rings is 1. The number of hydrogen-bond acceptors (Lipinski definition) is 6. The summed E-state index contributed by atoms with van der Waals surface area (Å²) in [4.78, 5) is 16.2. The predicted octanol–water partition coefficient (Wildman–Crippen LogP) is 1.71. The van der Waals surface area contributed by atoms with Gasteiger partial charge in [0.15, 0.2) is 5.76 Å². The van der Waals surface area contributed by atoms with Gasteiger partial charge in [0.25, 0.3) is 5.91 Å².